The maximum atomic E-state index is 11.9. The van der Waals surface area contributed by atoms with Gasteiger partial charge in [0.25, 0.3) is 0 Å². The SMILES string of the molecule is CC(CC(=O)O)SCC(=O)N(C)Cc1ccccc1. The van der Waals surface area contributed by atoms with Gasteiger partial charge in [0, 0.05) is 18.8 Å². The summed E-state index contributed by atoms with van der Waals surface area (Å²) in [5, 5.41) is 8.60. The summed E-state index contributed by atoms with van der Waals surface area (Å²) in [6.07, 6.45) is 0.0837. The fourth-order valence-electron chi connectivity index (χ4n) is 1.57. The fraction of sp³-hybridized carbons (Fsp3) is 0.429. The summed E-state index contributed by atoms with van der Waals surface area (Å²) in [7, 11) is 1.76. The van der Waals surface area contributed by atoms with E-state index < -0.39 is 5.97 Å². The highest BCUT2D eigenvalue weighted by Crippen LogP contribution is 2.15. The van der Waals surface area contributed by atoms with Crippen LogP contribution in [0.15, 0.2) is 30.3 Å². The van der Waals surface area contributed by atoms with E-state index in [1.165, 1.54) is 11.8 Å². The first-order valence-corrected chi connectivity index (χ1v) is 7.15. The molecule has 0 aromatic heterocycles. The average molecular weight is 281 g/mol. The molecule has 5 heteroatoms. The van der Waals surface area contributed by atoms with Crippen LogP contribution in [-0.2, 0) is 16.1 Å². The predicted octanol–water partition coefficient (Wildman–Crippen LogP) is 2.24. The molecule has 4 nitrogen and oxygen atoms in total. The van der Waals surface area contributed by atoms with E-state index in [4.69, 9.17) is 5.11 Å². The number of hydrogen-bond donors (Lipinski definition) is 1. The van der Waals surface area contributed by atoms with Crippen LogP contribution in [-0.4, -0.2) is 39.9 Å². The number of hydrogen-bond acceptors (Lipinski definition) is 3. The highest BCUT2D eigenvalue weighted by molar-refractivity contribution is 8.00. The maximum Gasteiger partial charge on any atom is 0.304 e. The number of amides is 1. The second kappa shape index (κ2) is 7.84. The van der Waals surface area contributed by atoms with Crippen LogP contribution in [0, 0.1) is 0 Å². The third-order valence-corrected chi connectivity index (χ3v) is 3.79. The van der Waals surface area contributed by atoms with Gasteiger partial charge in [-0.2, -0.15) is 0 Å². The van der Waals surface area contributed by atoms with E-state index in [2.05, 4.69) is 0 Å². The van der Waals surface area contributed by atoms with Crippen molar-refractivity contribution in [2.45, 2.75) is 25.1 Å². The van der Waals surface area contributed by atoms with Crippen molar-refractivity contribution in [1.82, 2.24) is 4.90 Å². The van der Waals surface area contributed by atoms with Gasteiger partial charge in [-0.3, -0.25) is 9.59 Å². The lowest BCUT2D eigenvalue weighted by atomic mass is 10.2. The molecule has 1 amide bonds. The quantitative estimate of drug-likeness (QED) is 0.832. The minimum atomic E-state index is -0.829. The molecule has 0 saturated heterocycles. The van der Waals surface area contributed by atoms with Crippen LogP contribution in [0.1, 0.15) is 18.9 Å². The molecule has 104 valence electrons. The van der Waals surface area contributed by atoms with Crippen molar-refractivity contribution in [3.8, 4) is 0 Å². The number of thioether (sulfide) groups is 1. The molecule has 1 aromatic carbocycles. The maximum absolute atomic E-state index is 11.9. The van der Waals surface area contributed by atoms with Crippen LogP contribution < -0.4 is 0 Å². The molecule has 0 aliphatic carbocycles. The fourth-order valence-corrected chi connectivity index (χ4v) is 2.48. The van der Waals surface area contributed by atoms with E-state index >= 15 is 0 Å². The lowest BCUT2D eigenvalue weighted by Crippen LogP contribution is -2.28. The summed E-state index contributed by atoms with van der Waals surface area (Å²) < 4.78 is 0. The summed E-state index contributed by atoms with van der Waals surface area (Å²) in [5.41, 5.74) is 1.09. The van der Waals surface area contributed by atoms with Crippen molar-refractivity contribution >= 4 is 23.6 Å². The van der Waals surface area contributed by atoms with Gasteiger partial charge in [-0.15, -0.1) is 11.8 Å². The van der Waals surface area contributed by atoms with E-state index in [1.807, 2.05) is 37.3 Å². The Morgan fingerprint density at radius 3 is 2.53 bits per heavy atom. The Hall–Kier alpha value is -1.49. The van der Waals surface area contributed by atoms with E-state index in [1.54, 1.807) is 11.9 Å². The Labute approximate surface area is 117 Å². The molecule has 1 N–H and O–H groups in total. The first kappa shape index (κ1) is 15.6. The standard InChI is InChI=1S/C14H19NO3S/c1-11(8-14(17)18)19-10-13(16)15(2)9-12-6-4-3-5-7-12/h3-7,11H,8-10H2,1-2H3,(H,17,18). The zero-order valence-corrected chi connectivity index (χ0v) is 12.0. The molecule has 0 spiro atoms. The number of carboxylic acids is 1. The number of aliphatic carboxylic acids is 1. The van der Waals surface area contributed by atoms with Gasteiger partial charge in [-0.1, -0.05) is 37.3 Å². The highest BCUT2D eigenvalue weighted by atomic mass is 32.2. The van der Waals surface area contributed by atoms with Crippen LogP contribution >= 0.6 is 11.8 Å². The number of carboxylic acid groups (broad SMARTS) is 1. The molecule has 0 fully saturated rings. The Balaban J connectivity index is 2.35. The lowest BCUT2D eigenvalue weighted by Gasteiger charge is -2.18. The summed E-state index contributed by atoms with van der Waals surface area (Å²) in [6.45, 7) is 2.40. The number of carbonyl (C=O) groups is 2. The Kier molecular flexibility index (Phi) is 6.42. The second-order valence-corrected chi connectivity index (χ2v) is 5.88. The van der Waals surface area contributed by atoms with Gasteiger partial charge in [0.2, 0.25) is 5.91 Å². The van der Waals surface area contributed by atoms with Crippen LogP contribution in [0.2, 0.25) is 0 Å². The summed E-state index contributed by atoms with van der Waals surface area (Å²) in [5.74, 6) is -0.492. The molecule has 0 saturated carbocycles. The van der Waals surface area contributed by atoms with Crippen LogP contribution in [0.3, 0.4) is 0 Å². The second-order valence-electron chi connectivity index (χ2n) is 4.45. The molecule has 1 atom stereocenters. The molecule has 1 rings (SSSR count). The monoisotopic (exact) mass is 281 g/mol. The number of rotatable bonds is 7. The lowest BCUT2D eigenvalue weighted by molar-refractivity contribution is -0.137. The van der Waals surface area contributed by atoms with Crippen molar-refractivity contribution in [3.05, 3.63) is 35.9 Å². The van der Waals surface area contributed by atoms with E-state index in [-0.39, 0.29) is 17.6 Å². The first-order chi connectivity index (χ1) is 8.99. The molecular formula is C14H19NO3S. The van der Waals surface area contributed by atoms with Gasteiger partial charge < -0.3 is 10.0 Å². The molecule has 0 bridgehead atoms. The molecule has 0 radical (unpaired) electrons. The molecule has 0 heterocycles. The Morgan fingerprint density at radius 2 is 1.95 bits per heavy atom. The minimum absolute atomic E-state index is 0.0195. The predicted molar refractivity (Wildman–Crippen MR) is 77.1 cm³/mol. The Morgan fingerprint density at radius 1 is 1.32 bits per heavy atom. The zero-order valence-electron chi connectivity index (χ0n) is 11.2. The van der Waals surface area contributed by atoms with Crippen molar-refractivity contribution in [3.63, 3.8) is 0 Å². The van der Waals surface area contributed by atoms with Crippen molar-refractivity contribution in [1.29, 1.82) is 0 Å². The van der Waals surface area contributed by atoms with Gasteiger partial charge in [-0.05, 0) is 5.56 Å². The number of carbonyl (C=O) groups excluding carboxylic acids is 1. The van der Waals surface area contributed by atoms with E-state index in [9.17, 15) is 9.59 Å². The Bertz CT molecular complexity index is 422. The number of nitrogens with zero attached hydrogens (tertiary/aromatic N) is 1. The zero-order chi connectivity index (χ0) is 14.3. The highest BCUT2D eigenvalue weighted by Gasteiger charge is 2.13. The van der Waals surface area contributed by atoms with Crippen molar-refractivity contribution < 1.29 is 14.7 Å². The average Bonchev–Trinajstić information content (AvgIpc) is 2.36. The van der Waals surface area contributed by atoms with Crippen molar-refractivity contribution in [2.24, 2.45) is 0 Å². The molecule has 1 aromatic rings. The van der Waals surface area contributed by atoms with E-state index in [0.717, 1.165) is 5.56 Å². The number of benzene rings is 1. The van der Waals surface area contributed by atoms with Gasteiger partial charge in [-0.25, -0.2) is 0 Å². The molecular weight excluding hydrogens is 262 g/mol. The summed E-state index contributed by atoms with van der Waals surface area (Å²) in [6, 6.07) is 9.78. The largest absolute Gasteiger partial charge is 0.481 e. The van der Waals surface area contributed by atoms with Crippen LogP contribution in [0.25, 0.3) is 0 Å². The molecule has 0 aliphatic heterocycles. The third kappa shape index (κ3) is 6.29. The van der Waals surface area contributed by atoms with Crippen LogP contribution in [0.4, 0.5) is 0 Å². The molecule has 0 aliphatic rings. The van der Waals surface area contributed by atoms with Crippen LogP contribution in [0.5, 0.6) is 0 Å². The molecule has 1 unspecified atom stereocenters. The smallest absolute Gasteiger partial charge is 0.304 e. The van der Waals surface area contributed by atoms with Crippen molar-refractivity contribution in [2.75, 3.05) is 12.8 Å². The first-order valence-electron chi connectivity index (χ1n) is 6.10. The van der Waals surface area contributed by atoms with Gasteiger partial charge >= 0.3 is 5.97 Å². The summed E-state index contributed by atoms with van der Waals surface area (Å²) in [4.78, 5) is 24.1. The third-order valence-electron chi connectivity index (χ3n) is 2.64. The van der Waals surface area contributed by atoms with E-state index in [0.29, 0.717) is 12.3 Å². The topological polar surface area (TPSA) is 57.6 Å². The minimum Gasteiger partial charge on any atom is -0.481 e. The normalized spacial score (nSPS) is 11.9. The van der Waals surface area contributed by atoms with Gasteiger partial charge in [0.15, 0.2) is 0 Å². The van der Waals surface area contributed by atoms with Gasteiger partial charge in [0.1, 0.15) is 0 Å². The van der Waals surface area contributed by atoms with Gasteiger partial charge in [0.05, 0.1) is 12.2 Å². The molecule has 19 heavy (non-hydrogen) atoms. The summed E-state index contributed by atoms with van der Waals surface area (Å²) >= 11 is 1.38.